The molecule has 2 N–H and O–H groups in total. The Morgan fingerprint density at radius 3 is 2.34 bits per heavy atom. The molecule has 11 heteroatoms. The van der Waals surface area contributed by atoms with Gasteiger partial charge in [0.05, 0.1) is 30.1 Å². The van der Waals surface area contributed by atoms with E-state index in [4.69, 9.17) is 30.5 Å². The molecule has 200 valence electrons. The zero-order valence-electron chi connectivity index (χ0n) is 21.0. The average molecular weight is 652 g/mol. The Balaban J connectivity index is 1.63. The Hall–Kier alpha value is -3.51. The Kier molecular flexibility index (Phi) is 11.0. The molecule has 0 aliphatic rings. The van der Waals surface area contributed by atoms with Gasteiger partial charge in [0.1, 0.15) is 0 Å². The Labute approximate surface area is 239 Å². The van der Waals surface area contributed by atoms with E-state index < -0.39 is 5.91 Å². The predicted molar refractivity (Wildman–Crippen MR) is 155 cm³/mol. The Bertz CT molecular complexity index is 1300. The van der Waals surface area contributed by atoms with Crippen LogP contribution < -0.4 is 29.7 Å². The molecule has 0 saturated heterocycles. The number of hydrogen-bond donors (Lipinski definition) is 2. The van der Waals surface area contributed by atoms with E-state index in [9.17, 15) is 9.59 Å². The van der Waals surface area contributed by atoms with Crippen molar-refractivity contribution in [1.82, 2.24) is 5.43 Å². The van der Waals surface area contributed by atoms with Gasteiger partial charge >= 0.3 is 0 Å². The maximum atomic E-state index is 12.6. The van der Waals surface area contributed by atoms with Gasteiger partial charge in [-0.15, -0.1) is 0 Å². The quantitative estimate of drug-likeness (QED) is 0.152. The highest BCUT2D eigenvalue weighted by Gasteiger charge is 2.14. The zero-order chi connectivity index (χ0) is 27.5. The van der Waals surface area contributed by atoms with Gasteiger partial charge in [-0.05, 0) is 96.6 Å². The van der Waals surface area contributed by atoms with Crippen molar-refractivity contribution in [3.8, 4) is 23.0 Å². The molecule has 0 saturated carbocycles. The highest BCUT2D eigenvalue weighted by molar-refractivity contribution is 14.1. The van der Waals surface area contributed by atoms with Crippen LogP contribution in [0.3, 0.4) is 0 Å². The van der Waals surface area contributed by atoms with E-state index in [-0.39, 0.29) is 12.5 Å². The van der Waals surface area contributed by atoms with Crippen molar-refractivity contribution in [2.45, 2.75) is 13.8 Å². The molecule has 0 unspecified atom stereocenters. The van der Waals surface area contributed by atoms with Crippen molar-refractivity contribution in [2.75, 3.05) is 32.2 Å². The molecule has 3 aromatic rings. The third-order valence-corrected chi connectivity index (χ3v) is 5.97. The van der Waals surface area contributed by atoms with E-state index in [2.05, 4.69) is 38.4 Å². The topological polar surface area (TPSA) is 107 Å². The summed E-state index contributed by atoms with van der Waals surface area (Å²) in [7, 11) is 1.50. The first-order chi connectivity index (χ1) is 18.3. The number of ether oxygens (including phenoxy) is 4. The highest BCUT2D eigenvalue weighted by atomic mass is 127. The van der Waals surface area contributed by atoms with Crippen LogP contribution >= 0.6 is 34.2 Å². The lowest BCUT2D eigenvalue weighted by Crippen LogP contribution is -2.20. The van der Waals surface area contributed by atoms with Crippen LogP contribution in [0.4, 0.5) is 5.69 Å². The van der Waals surface area contributed by atoms with Gasteiger partial charge in [0.15, 0.2) is 29.6 Å². The molecule has 0 spiro atoms. The van der Waals surface area contributed by atoms with E-state index in [1.54, 1.807) is 54.6 Å². The largest absolute Gasteiger partial charge is 0.493 e. The van der Waals surface area contributed by atoms with E-state index in [1.807, 2.05) is 13.8 Å². The van der Waals surface area contributed by atoms with Crippen molar-refractivity contribution >= 4 is 57.9 Å². The van der Waals surface area contributed by atoms with E-state index >= 15 is 0 Å². The summed E-state index contributed by atoms with van der Waals surface area (Å²) >= 11 is 7.95. The molecule has 0 fully saturated rings. The van der Waals surface area contributed by atoms with Gasteiger partial charge < -0.3 is 24.3 Å². The van der Waals surface area contributed by atoms with Gasteiger partial charge in [-0.3, -0.25) is 9.59 Å². The van der Waals surface area contributed by atoms with E-state index in [1.165, 1.54) is 13.3 Å². The van der Waals surface area contributed by atoms with E-state index in [0.717, 1.165) is 0 Å². The molecule has 0 aliphatic heterocycles. The number of rotatable bonds is 12. The first-order valence-corrected chi connectivity index (χ1v) is 13.1. The molecule has 0 bridgehead atoms. The average Bonchev–Trinajstić information content (AvgIpc) is 2.90. The fourth-order valence-corrected chi connectivity index (χ4v) is 4.15. The number of hydrogen-bond acceptors (Lipinski definition) is 7. The molecular weight excluding hydrogens is 625 g/mol. The van der Waals surface area contributed by atoms with Crippen LogP contribution in [0.5, 0.6) is 23.0 Å². The van der Waals surface area contributed by atoms with E-state index in [0.29, 0.717) is 61.6 Å². The molecule has 9 nitrogen and oxygen atoms in total. The minimum Gasteiger partial charge on any atom is -0.493 e. The maximum Gasteiger partial charge on any atom is 0.271 e. The van der Waals surface area contributed by atoms with Crippen molar-refractivity contribution in [2.24, 2.45) is 5.10 Å². The van der Waals surface area contributed by atoms with Crippen LogP contribution in [-0.2, 0) is 4.79 Å². The second-order valence-electron chi connectivity index (χ2n) is 7.60. The number of hydrazone groups is 1. The summed E-state index contributed by atoms with van der Waals surface area (Å²) in [6.07, 6.45) is 1.48. The third kappa shape index (κ3) is 8.25. The van der Waals surface area contributed by atoms with Gasteiger partial charge in [0.2, 0.25) is 0 Å². The number of nitrogens with zero attached hydrogens (tertiary/aromatic N) is 1. The standard InChI is InChI=1S/C27H27ClIN3O6/c1-4-36-22-11-6-18(14-23(22)37-5-2)27(34)32-30-15-17-12-21(29)26(24(13-17)35-3)38-16-25(33)31-20-9-7-19(28)8-10-20/h6-15H,4-5,16H2,1-3H3,(H,31,33)(H,32,34)/b30-15+. The number of amides is 2. The molecule has 0 radical (unpaired) electrons. The summed E-state index contributed by atoms with van der Waals surface area (Å²) in [4.78, 5) is 24.9. The maximum absolute atomic E-state index is 12.6. The zero-order valence-corrected chi connectivity index (χ0v) is 24.0. The molecule has 2 amide bonds. The molecule has 0 aliphatic carbocycles. The monoisotopic (exact) mass is 651 g/mol. The van der Waals surface area contributed by atoms with Crippen molar-refractivity contribution < 1.29 is 28.5 Å². The first kappa shape index (κ1) is 29.1. The van der Waals surface area contributed by atoms with Gasteiger partial charge in [0, 0.05) is 16.3 Å². The number of carbonyl (C=O) groups is 2. The highest BCUT2D eigenvalue weighted by Crippen LogP contribution is 2.33. The van der Waals surface area contributed by atoms with Crippen LogP contribution in [-0.4, -0.2) is 45.0 Å². The lowest BCUT2D eigenvalue weighted by Gasteiger charge is -2.13. The fourth-order valence-electron chi connectivity index (χ4n) is 3.24. The van der Waals surface area contributed by atoms with Crippen molar-refractivity contribution in [3.05, 3.63) is 74.3 Å². The molecule has 38 heavy (non-hydrogen) atoms. The second-order valence-corrected chi connectivity index (χ2v) is 9.20. The van der Waals surface area contributed by atoms with Gasteiger partial charge in [-0.2, -0.15) is 5.10 Å². The van der Waals surface area contributed by atoms with Gasteiger partial charge in [-0.25, -0.2) is 5.43 Å². The van der Waals surface area contributed by atoms with Crippen LogP contribution in [0, 0.1) is 3.57 Å². The van der Waals surface area contributed by atoms with Crippen LogP contribution in [0.15, 0.2) is 59.7 Å². The molecule has 3 rings (SSSR count). The molecule has 0 aromatic heterocycles. The summed E-state index contributed by atoms with van der Waals surface area (Å²) < 4.78 is 23.0. The normalized spacial score (nSPS) is 10.7. The number of methoxy groups -OCH3 is 1. The smallest absolute Gasteiger partial charge is 0.271 e. The van der Waals surface area contributed by atoms with Gasteiger partial charge in [-0.1, -0.05) is 11.6 Å². The SMILES string of the molecule is CCOc1ccc(C(=O)N/N=C/c2cc(I)c(OCC(=O)Nc3ccc(Cl)cc3)c(OC)c2)cc1OCC. The summed E-state index contributed by atoms with van der Waals surface area (Å²) in [5.74, 6) is 1.15. The summed E-state index contributed by atoms with van der Waals surface area (Å²) in [5, 5.41) is 7.37. The van der Waals surface area contributed by atoms with Crippen molar-refractivity contribution in [3.63, 3.8) is 0 Å². The first-order valence-electron chi connectivity index (χ1n) is 11.6. The lowest BCUT2D eigenvalue weighted by molar-refractivity contribution is -0.118. The minimum absolute atomic E-state index is 0.218. The Morgan fingerprint density at radius 1 is 0.947 bits per heavy atom. The Morgan fingerprint density at radius 2 is 1.66 bits per heavy atom. The number of carbonyl (C=O) groups excluding carboxylic acids is 2. The van der Waals surface area contributed by atoms with Crippen LogP contribution in [0.25, 0.3) is 0 Å². The van der Waals surface area contributed by atoms with Gasteiger partial charge in [0.25, 0.3) is 11.8 Å². The van der Waals surface area contributed by atoms with Crippen molar-refractivity contribution in [1.29, 1.82) is 0 Å². The van der Waals surface area contributed by atoms with Crippen LogP contribution in [0.2, 0.25) is 5.02 Å². The summed E-state index contributed by atoms with van der Waals surface area (Å²) in [6, 6.07) is 15.2. The summed E-state index contributed by atoms with van der Waals surface area (Å²) in [6.45, 7) is 4.44. The number of halogens is 2. The molecule has 0 atom stereocenters. The predicted octanol–water partition coefficient (Wildman–Crippen LogP) is 5.53. The number of nitrogens with one attached hydrogen (secondary N) is 2. The molecular formula is C27H27ClIN3O6. The molecule has 0 heterocycles. The number of benzene rings is 3. The summed E-state index contributed by atoms with van der Waals surface area (Å²) in [5.41, 5.74) is 4.15. The minimum atomic E-state index is -0.404. The van der Waals surface area contributed by atoms with Crippen LogP contribution in [0.1, 0.15) is 29.8 Å². The second kappa shape index (κ2) is 14.4. The third-order valence-electron chi connectivity index (χ3n) is 4.91. The number of anilines is 1. The lowest BCUT2D eigenvalue weighted by atomic mass is 10.2. The fraction of sp³-hybridized carbons (Fsp3) is 0.222. The molecule has 3 aromatic carbocycles.